The van der Waals surface area contributed by atoms with Gasteiger partial charge < -0.3 is 10.1 Å². The van der Waals surface area contributed by atoms with Crippen molar-refractivity contribution in [3.8, 4) is 0 Å². The Bertz CT molecular complexity index is 551. The van der Waals surface area contributed by atoms with Crippen molar-refractivity contribution in [1.82, 2.24) is 9.36 Å². The minimum absolute atomic E-state index is 0.618. The molecule has 3 rings (SSSR count). The van der Waals surface area contributed by atoms with Gasteiger partial charge in [0.15, 0.2) is 0 Å². The van der Waals surface area contributed by atoms with Gasteiger partial charge in [0.2, 0.25) is 5.13 Å². The molecule has 1 saturated carbocycles. The highest BCUT2D eigenvalue weighted by molar-refractivity contribution is 7.09. The van der Waals surface area contributed by atoms with Crippen molar-refractivity contribution in [2.24, 2.45) is 0 Å². The van der Waals surface area contributed by atoms with Crippen LogP contribution in [0.5, 0.6) is 0 Å². The van der Waals surface area contributed by atoms with Crippen LogP contribution in [0.25, 0.3) is 0 Å². The molecule has 100 valence electrons. The Morgan fingerprint density at radius 3 is 2.84 bits per heavy atom. The molecule has 1 aliphatic rings. The summed E-state index contributed by atoms with van der Waals surface area (Å²) < 4.78 is 9.60. The molecule has 0 radical (unpaired) electrons. The topological polar surface area (TPSA) is 47.0 Å². The first kappa shape index (κ1) is 12.6. The van der Waals surface area contributed by atoms with Crippen LogP contribution in [-0.2, 0) is 17.9 Å². The summed E-state index contributed by atoms with van der Waals surface area (Å²) in [5, 5.41) is 4.26. The summed E-state index contributed by atoms with van der Waals surface area (Å²) in [6.45, 7) is 1.40. The van der Waals surface area contributed by atoms with Gasteiger partial charge in [0, 0.05) is 31.1 Å². The largest absolute Gasteiger partial charge is 0.380 e. The molecule has 4 nitrogen and oxygen atoms in total. The molecule has 0 aliphatic heterocycles. The highest BCUT2D eigenvalue weighted by atomic mass is 32.1. The van der Waals surface area contributed by atoms with E-state index >= 15 is 0 Å². The first-order valence-corrected chi connectivity index (χ1v) is 7.27. The number of ether oxygens (including phenoxy) is 1. The number of rotatable bonds is 6. The number of methoxy groups -OCH3 is 1. The molecule has 0 saturated heterocycles. The molecule has 0 atom stereocenters. The van der Waals surface area contributed by atoms with Gasteiger partial charge in [0.25, 0.3) is 0 Å². The summed E-state index contributed by atoms with van der Waals surface area (Å²) in [7, 11) is 1.72. The molecular formula is C14H17N3OS. The second-order valence-corrected chi connectivity index (χ2v) is 5.54. The summed E-state index contributed by atoms with van der Waals surface area (Å²) in [5.41, 5.74) is 2.46. The third-order valence-electron chi connectivity index (χ3n) is 3.23. The number of nitrogens with one attached hydrogen (secondary N) is 1. The van der Waals surface area contributed by atoms with E-state index in [0.29, 0.717) is 12.5 Å². The summed E-state index contributed by atoms with van der Waals surface area (Å²) in [6, 6.07) is 8.29. The van der Waals surface area contributed by atoms with E-state index < -0.39 is 0 Å². The van der Waals surface area contributed by atoms with E-state index in [4.69, 9.17) is 4.74 Å². The predicted molar refractivity (Wildman–Crippen MR) is 76.4 cm³/mol. The van der Waals surface area contributed by atoms with E-state index in [0.717, 1.165) is 17.5 Å². The van der Waals surface area contributed by atoms with Crippen LogP contribution in [0.3, 0.4) is 0 Å². The van der Waals surface area contributed by atoms with Crippen molar-refractivity contribution < 1.29 is 4.74 Å². The van der Waals surface area contributed by atoms with E-state index in [1.807, 2.05) is 12.1 Å². The van der Waals surface area contributed by atoms with Gasteiger partial charge in [-0.15, -0.1) is 0 Å². The molecule has 19 heavy (non-hydrogen) atoms. The third kappa shape index (κ3) is 3.11. The molecule has 0 amide bonds. The first-order chi connectivity index (χ1) is 9.36. The SMILES string of the molecule is COCc1ccccc1CNc1nc(C2CC2)ns1. The maximum Gasteiger partial charge on any atom is 0.202 e. The van der Waals surface area contributed by atoms with Crippen molar-refractivity contribution in [1.29, 1.82) is 0 Å². The normalized spacial score (nSPS) is 14.6. The minimum atomic E-state index is 0.618. The van der Waals surface area contributed by atoms with Gasteiger partial charge in [-0.1, -0.05) is 24.3 Å². The molecule has 2 aromatic rings. The first-order valence-electron chi connectivity index (χ1n) is 6.50. The number of nitrogens with zero attached hydrogens (tertiary/aromatic N) is 2. The van der Waals surface area contributed by atoms with Gasteiger partial charge in [-0.05, 0) is 24.0 Å². The maximum absolute atomic E-state index is 5.21. The second-order valence-electron chi connectivity index (χ2n) is 4.79. The molecule has 0 spiro atoms. The molecule has 1 aliphatic carbocycles. The zero-order chi connectivity index (χ0) is 13.1. The van der Waals surface area contributed by atoms with E-state index in [2.05, 4.69) is 26.8 Å². The van der Waals surface area contributed by atoms with Crippen LogP contribution < -0.4 is 5.32 Å². The summed E-state index contributed by atoms with van der Waals surface area (Å²) in [4.78, 5) is 4.53. The molecule has 1 aromatic carbocycles. The Kier molecular flexibility index (Phi) is 3.75. The fourth-order valence-corrected chi connectivity index (χ4v) is 2.65. The summed E-state index contributed by atoms with van der Waals surface area (Å²) in [5.74, 6) is 1.63. The Balaban J connectivity index is 1.64. The highest BCUT2D eigenvalue weighted by Gasteiger charge is 2.27. The van der Waals surface area contributed by atoms with E-state index in [1.54, 1.807) is 7.11 Å². The average molecular weight is 275 g/mol. The van der Waals surface area contributed by atoms with Gasteiger partial charge in [0.1, 0.15) is 5.82 Å². The molecule has 1 aromatic heterocycles. The van der Waals surface area contributed by atoms with Crippen molar-refractivity contribution in [3.05, 3.63) is 41.2 Å². The lowest BCUT2D eigenvalue weighted by atomic mass is 10.1. The van der Waals surface area contributed by atoms with E-state index in [-0.39, 0.29) is 0 Å². The van der Waals surface area contributed by atoms with Crippen molar-refractivity contribution >= 4 is 16.7 Å². The number of aromatic nitrogens is 2. The molecule has 1 N–H and O–H groups in total. The van der Waals surface area contributed by atoms with Crippen molar-refractivity contribution in [2.45, 2.75) is 31.9 Å². The number of benzene rings is 1. The van der Waals surface area contributed by atoms with Crippen LogP contribution in [0.4, 0.5) is 5.13 Å². The predicted octanol–water partition coefficient (Wildman–Crippen LogP) is 3.17. The quantitative estimate of drug-likeness (QED) is 0.879. The Morgan fingerprint density at radius 1 is 1.32 bits per heavy atom. The number of anilines is 1. The van der Waals surface area contributed by atoms with Crippen molar-refractivity contribution in [3.63, 3.8) is 0 Å². The van der Waals surface area contributed by atoms with E-state index in [1.165, 1.54) is 35.5 Å². The molecule has 0 unspecified atom stereocenters. The van der Waals surface area contributed by atoms with Gasteiger partial charge in [-0.25, -0.2) is 4.98 Å². The van der Waals surface area contributed by atoms with Crippen LogP contribution >= 0.6 is 11.5 Å². The molecular weight excluding hydrogens is 258 g/mol. The van der Waals surface area contributed by atoms with Crippen molar-refractivity contribution in [2.75, 3.05) is 12.4 Å². The van der Waals surface area contributed by atoms with Crippen LogP contribution in [-0.4, -0.2) is 16.5 Å². The average Bonchev–Trinajstić information content (AvgIpc) is 3.18. The van der Waals surface area contributed by atoms with Crippen LogP contribution in [0.1, 0.15) is 35.7 Å². The lowest BCUT2D eigenvalue weighted by molar-refractivity contribution is 0.184. The van der Waals surface area contributed by atoms with E-state index in [9.17, 15) is 0 Å². The van der Waals surface area contributed by atoms with Gasteiger partial charge in [-0.3, -0.25) is 0 Å². The number of hydrogen-bond acceptors (Lipinski definition) is 5. The van der Waals surface area contributed by atoms with Crippen LogP contribution in [0.15, 0.2) is 24.3 Å². The van der Waals surface area contributed by atoms with Crippen LogP contribution in [0, 0.1) is 0 Å². The molecule has 0 bridgehead atoms. The van der Waals surface area contributed by atoms with Gasteiger partial charge >= 0.3 is 0 Å². The zero-order valence-electron chi connectivity index (χ0n) is 10.9. The number of hydrogen-bond donors (Lipinski definition) is 1. The Hall–Kier alpha value is -1.46. The maximum atomic E-state index is 5.21. The smallest absolute Gasteiger partial charge is 0.202 e. The summed E-state index contributed by atoms with van der Waals surface area (Å²) >= 11 is 1.45. The molecule has 5 heteroatoms. The standard InChI is InChI=1S/C14H17N3OS/c1-18-9-12-5-3-2-4-11(12)8-15-14-16-13(17-19-14)10-6-7-10/h2-5,10H,6-9H2,1H3,(H,15,16,17). The lowest BCUT2D eigenvalue weighted by Gasteiger charge is -2.08. The van der Waals surface area contributed by atoms with Crippen LogP contribution in [0.2, 0.25) is 0 Å². The lowest BCUT2D eigenvalue weighted by Crippen LogP contribution is -2.03. The zero-order valence-corrected chi connectivity index (χ0v) is 11.7. The summed E-state index contributed by atoms with van der Waals surface area (Å²) in [6.07, 6.45) is 2.49. The molecule has 1 heterocycles. The fraction of sp³-hybridized carbons (Fsp3) is 0.429. The third-order valence-corrected chi connectivity index (χ3v) is 3.92. The Morgan fingerprint density at radius 2 is 2.11 bits per heavy atom. The monoisotopic (exact) mass is 275 g/mol. The molecule has 1 fully saturated rings. The van der Waals surface area contributed by atoms with Gasteiger partial charge in [-0.2, -0.15) is 4.37 Å². The second kappa shape index (κ2) is 5.67. The fourth-order valence-electron chi connectivity index (χ4n) is 2.01. The van der Waals surface area contributed by atoms with Gasteiger partial charge in [0.05, 0.1) is 6.61 Å². The Labute approximate surface area is 117 Å². The highest BCUT2D eigenvalue weighted by Crippen LogP contribution is 2.39. The minimum Gasteiger partial charge on any atom is -0.380 e.